The number of nitrogens with one attached hydrogen (secondary N) is 3. The second-order valence-electron chi connectivity index (χ2n) is 6.19. The maximum atomic E-state index is 12.2. The molecule has 0 aliphatic heterocycles. The zero-order valence-corrected chi connectivity index (χ0v) is 20.8. The van der Waals surface area contributed by atoms with Crippen LogP contribution in [0.25, 0.3) is 10.8 Å². The minimum Gasteiger partial charge on any atom is -0.496 e. The third-order valence-corrected chi connectivity index (χ3v) is 6.01. The van der Waals surface area contributed by atoms with Crippen molar-refractivity contribution < 1.29 is 19.1 Å². The highest BCUT2D eigenvalue weighted by atomic mass is 127. The molecule has 0 heterocycles. The molecule has 0 saturated carbocycles. The van der Waals surface area contributed by atoms with Gasteiger partial charge in [0, 0.05) is 5.56 Å². The number of hydrogen-bond donors (Lipinski definition) is 3. The Hall–Kier alpha value is -2.44. The number of carbonyl (C=O) groups excluding carboxylic acids is 2. The summed E-state index contributed by atoms with van der Waals surface area (Å²) in [4.78, 5) is 24.3. The first-order valence-corrected chi connectivity index (χ1v) is 11.2. The summed E-state index contributed by atoms with van der Waals surface area (Å²) in [7, 11) is 1.56. The molecule has 0 aliphatic rings. The van der Waals surface area contributed by atoms with Gasteiger partial charge >= 0.3 is 0 Å². The molecule has 0 unspecified atom stereocenters. The van der Waals surface area contributed by atoms with Crippen LogP contribution < -0.4 is 25.6 Å². The smallest absolute Gasteiger partial charge is 0.269 e. The van der Waals surface area contributed by atoms with Crippen LogP contribution in [0.3, 0.4) is 0 Å². The number of ether oxygens (including phenoxy) is 2. The van der Waals surface area contributed by atoms with Gasteiger partial charge in [0.25, 0.3) is 11.8 Å². The van der Waals surface area contributed by atoms with Crippen LogP contribution in [0.5, 0.6) is 11.5 Å². The number of fused-ring (bicyclic) bond motifs is 1. The summed E-state index contributed by atoms with van der Waals surface area (Å²) < 4.78 is 12.3. The SMILES string of the molecule is COc1ccc(C(=O)NNC(=S)NC(=O)COc2ccc3ccccc3c2Br)cc1I. The van der Waals surface area contributed by atoms with E-state index in [1.165, 1.54) is 0 Å². The van der Waals surface area contributed by atoms with Gasteiger partial charge in [0.15, 0.2) is 11.7 Å². The lowest BCUT2D eigenvalue weighted by Crippen LogP contribution is -2.49. The molecule has 160 valence electrons. The lowest BCUT2D eigenvalue weighted by atomic mass is 10.1. The van der Waals surface area contributed by atoms with E-state index in [9.17, 15) is 9.59 Å². The molecule has 3 N–H and O–H groups in total. The minimum absolute atomic E-state index is 0.0530. The molecule has 2 amide bonds. The lowest BCUT2D eigenvalue weighted by molar-refractivity contribution is -0.121. The first-order valence-electron chi connectivity index (χ1n) is 8.93. The number of rotatable bonds is 5. The van der Waals surface area contributed by atoms with Gasteiger partial charge in [-0.3, -0.25) is 25.8 Å². The summed E-state index contributed by atoms with van der Waals surface area (Å²) in [5.41, 5.74) is 5.34. The normalized spacial score (nSPS) is 10.3. The molecule has 0 atom stereocenters. The number of hydrogen-bond acceptors (Lipinski definition) is 5. The van der Waals surface area contributed by atoms with Crippen molar-refractivity contribution in [3.63, 3.8) is 0 Å². The van der Waals surface area contributed by atoms with Crippen molar-refractivity contribution in [3.05, 3.63) is 68.2 Å². The zero-order valence-electron chi connectivity index (χ0n) is 16.2. The lowest BCUT2D eigenvalue weighted by Gasteiger charge is -2.13. The molecule has 10 heteroatoms. The van der Waals surface area contributed by atoms with E-state index in [4.69, 9.17) is 21.7 Å². The Balaban J connectivity index is 1.48. The van der Waals surface area contributed by atoms with Crippen LogP contribution in [0.4, 0.5) is 0 Å². The van der Waals surface area contributed by atoms with E-state index in [0.717, 1.165) is 18.8 Å². The van der Waals surface area contributed by atoms with Crippen LogP contribution in [-0.2, 0) is 4.79 Å². The highest BCUT2D eigenvalue weighted by Crippen LogP contribution is 2.32. The Morgan fingerprint density at radius 1 is 1.06 bits per heavy atom. The molecule has 3 aromatic rings. The predicted molar refractivity (Wildman–Crippen MR) is 134 cm³/mol. The maximum absolute atomic E-state index is 12.2. The fourth-order valence-corrected chi connectivity index (χ4v) is 4.16. The first kappa shape index (κ1) is 23.2. The Bertz CT molecular complexity index is 1160. The summed E-state index contributed by atoms with van der Waals surface area (Å²) in [6.45, 7) is -0.247. The molecule has 0 bridgehead atoms. The maximum Gasteiger partial charge on any atom is 0.269 e. The largest absolute Gasteiger partial charge is 0.496 e. The fraction of sp³-hybridized carbons (Fsp3) is 0.0952. The Labute approximate surface area is 206 Å². The molecular formula is C21H17BrIN3O4S. The van der Waals surface area contributed by atoms with Crippen molar-refractivity contribution in [1.29, 1.82) is 0 Å². The first-order chi connectivity index (χ1) is 14.9. The third-order valence-electron chi connectivity index (χ3n) is 4.14. The Morgan fingerprint density at radius 2 is 1.81 bits per heavy atom. The summed E-state index contributed by atoms with van der Waals surface area (Å²) in [5, 5.41) is 4.43. The number of halogens is 2. The standard InChI is InChI=1S/C21H17BrIN3O4S/c1-29-16-8-7-13(10-15(16)23)20(28)25-26-21(31)24-18(27)11-30-17-9-6-12-4-2-3-5-14(12)19(17)22/h2-10H,11H2,1H3,(H,25,28)(H2,24,26,27,31). The van der Waals surface area contributed by atoms with Crippen molar-refractivity contribution in [2.75, 3.05) is 13.7 Å². The second-order valence-corrected chi connectivity index (χ2v) is 8.56. The van der Waals surface area contributed by atoms with Gasteiger partial charge in [-0.25, -0.2) is 0 Å². The summed E-state index contributed by atoms with van der Waals surface area (Å²) in [5.74, 6) is 0.334. The summed E-state index contributed by atoms with van der Waals surface area (Å²) >= 11 is 10.6. The van der Waals surface area contributed by atoms with Crippen molar-refractivity contribution in [1.82, 2.24) is 16.2 Å². The van der Waals surface area contributed by atoms with Crippen molar-refractivity contribution in [2.24, 2.45) is 0 Å². The van der Waals surface area contributed by atoms with E-state index in [1.54, 1.807) is 31.4 Å². The summed E-state index contributed by atoms with van der Waals surface area (Å²) in [6, 6.07) is 16.5. The van der Waals surface area contributed by atoms with Crippen LogP contribution in [0.1, 0.15) is 10.4 Å². The van der Waals surface area contributed by atoms with Gasteiger partial charge in [-0.1, -0.05) is 30.3 Å². The van der Waals surface area contributed by atoms with Gasteiger partial charge in [0.2, 0.25) is 0 Å². The van der Waals surface area contributed by atoms with E-state index in [-0.39, 0.29) is 11.7 Å². The van der Waals surface area contributed by atoms with Gasteiger partial charge < -0.3 is 9.47 Å². The molecule has 0 spiro atoms. The van der Waals surface area contributed by atoms with Crippen LogP contribution in [0.2, 0.25) is 0 Å². The van der Waals surface area contributed by atoms with E-state index >= 15 is 0 Å². The molecule has 3 aromatic carbocycles. The molecule has 3 rings (SSSR count). The van der Waals surface area contributed by atoms with Gasteiger partial charge in [-0.15, -0.1) is 0 Å². The molecule has 0 aliphatic carbocycles. The predicted octanol–water partition coefficient (Wildman–Crippen LogP) is 3.93. The number of hydrazine groups is 1. The van der Waals surface area contributed by atoms with Crippen LogP contribution in [0.15, 0.2) is 59.1 Å². The van der Waals surface area contributed by atoms with Gasteiger partial charge in [0.05, 0.1) is 15.2 Å². The second kappa shape index (κ2) is 10.7. The monoisotopic (exact) mass is 613 g/mol. The Morgan fingerprint density at radius 3 is 2.55 bits per heavy atom. The van der Waals surface area contributed by atoms with Crippen molar-refractivity contribution >= 4 is 78.4 Å². The molecular weight excluding hydrogens is 597 g/mol. The zero-order chi connectivity index (χ0) is 22.4. The minimum atomic E-state index is -0.467. The average molecular weight is 614 g/mol. The molecule has 31 heavy (non-hydrogen) atoms. The Kier molecular flexibility index (Phi) is 8.04. The van der Waals surface area contributed by atoms with Crippen molar-refractivity contribution in [3.8, 4) is 11.5 Å². The van der Waals surface area contributed by atoms with Gasteiger partial charge in [0.1, 0.15) is 11.5 Å². The van der Waals surface area contributed by atoms with Crippen LogP contribution in [-0.4, -0.2) is 30.6 Å². The number of benzene rings is 3. The highest BCUT2D eigenvalue weighted by molar-refractivity contribution is 14.1. The number of carbonyl (C=O) groups is 2. The fourth-order valence-electron chi connectivity index (χ4n) is 2.66. The molecule has 7 nitrogen and oxygen atoms in total. The van der Waals surface area contributed by atoms with Gasteiger partial charge in [-0.05, 0) is 85.8 Å². The average Bonchev–Trinajstić information content (AvgIpc) is 2.77. The highest BCUT2D eigenvalue weighted by Gasteiger charge is 2.12. The van der Waals surface area contributed by atoms with E-state index in [1.807, 2.05) is 30.3 Å². The topological polar surface area (TPSA) is 88.7 Å². The third kappa shape index (κ3) is 6.05. The number of thiocarbonyl (C=S) groups is 1. The van der Waals surface area contributed by atoms with Gasteiger partial charge in [-0.2, -0.15) is 0 Å². The quantitative estimate of drug-likeness (QED) is 0.230. The molecule has 0 saturated heterocycles. The molecule has 0 radical (unpaired) electrons. The van der Waals surface area contributed by atoms with Crippen LogP contribution in [0, 0.1) is 3.57 Å². The van der Waals surface area contributed by atoms with E-state index in [2.05, 4.69) is 54.7 Å². The molecule has 0 aromatic heterocycles. The number of methoxy groups -OCH3 is 1. The van der Waals surface area contributed by atoms with Crippen molar-refractivity contribution in [2.45, 2.75) is 0 Å². The summed E-state index contributed by atoms with van der Waals surface area (Å²) in [6.07, 6.45) is 0. The van der Waals surface area contributed by atoms with E-state index in [0.29, 0.717) is 17.1 Å². The van der Waals surface area contributed by atoms with E-state index < -0.39 is 11.8 Å². The van der Waals surface area contributed by atoms with Crippen LogP contribution >= 0.6 is 50.7 Å². The number of amides is 2. The molecule has 0 fully saturated rings.